The lowest BCUT2D eigenvalue weighted by Gasteiger charge is -2.21. The highest BCUT2D eigenvalue weighted by Crippen LogP contribution is 2.25. The molecule has 0 aliphatic carbocycles. The first-order valence-electron chi connectivity index (χ1n) is 9.86. The van der Waals surface area contributed by atoms with Crippen LogP contribution in [0.15, 0.2) is 42.6 Å². The number of fused-ring (bicyclic) bond motifs is 1. The smallest absolute Gasteiger partial charge is 0.320 e. The molecule has 1 fully saturated rings. The van der Waals surface area contributed by atoms with Gasteiger partial charge >= 0.3 is 6.03 Å². The number of carbonyl (C=O) groups is 1. The molecule has 0 saturated carbocycles. The van der Waals surface area contributed by atoms with Crippen LogP contribution < -0.4 is 15.4 Å². The molecule has 3 heterocycles. The second-order valence-corrected chi connectivity index (χ2v) is 7.24. The van der Waals surface area contributed by atoms with Crippen molar-refractivity contribution in [2.75, 3.05) is 25.1 Å². The second-order valence-electron chi connectivity index (χ2n) is 7.24. The molecule has 152 valence electrons. The molecule has 3 aromatic rings. The van der Waals surface area contributed by atoms with Crippen LogP contribution in [0.2, 0.25) is 0 Å². The fourth-order valence-electron chi connectivity index (χ4n) is 3.35. The van der Waals surface area contributed by atoms with Crippen molar-refractivity contribution in [2.45, 2.75) is 25.8 Å². The van der Waals surface area contributed by atoms with Gasteiger partial charge in [0.15, 0.2) is 0 Å². The Labute approximate surface area is 169 Å². The van der Waals surface area contributed by atoms with Crippen LogP contribution in [0.4, 0.5) is 10.6 Å². The van der Waals surface area contributed by atoms with Crippen molar-refractivity contribution in [2.24, 2.45) is 5.92 Å². The molecule has 1 aromatic carbocycles. The number of ether oxygens (including phenoxy) is 2. The number of carbonyl (C=O) groups excluding carboxylic acids is 1. The summed E-state index contributed by atoms with van der Waals surface area (Å²) in [6.45, 7) is 4.12. The minimum absolute atomic E-state index is 0.114. The standard InChI is InChI=1S/C21H25N5O3/c1-14(16-5-3-2-4-6-16)23-21(27)24-19-11-18-17(12-22-19)20(26-25-18)29-13-15-7-9-28-10-8-15/h2-6,11-12,14-15H,7-10,13H2,1H3,(H,25,26)(H2,22,23,24,27). The molecule has 29 heavy (non-hydrogen) atoms. The monoisotopic (exact) mass is 395 g/mol. The van der Waals surface area contributed by atoms with Gasteiger partial charge in [-0.1, -0.05) is 30.3 Å². The van der Waals surface area contributed by atoms with Crippen LogP contribution in [-0.4, -0.2) is 41.0 Å². The van der Waals surface area contributed by atoms with Gasteiger partial charge < -0.3 is 14.8 Å². The molecule has 1 aliphatic rings. The van der Waals surface area contributed by atoms with Gasteiger partial charge in [-0.2, -0.15) is 0 Å². The Morgan fingerprint density at radius 1 is 1.31 bits per heavy atom. The van der Waals surface area contributed by atoms with Crippen molar-refractivity contribution in [1.29, 1.82) is 0 Å². The van der Waals surface area contributed by atoms with E-state index in [0.29, 0.717) is 24.2 Å². The van der Waals surface area contributed by atoms with Crippen LogP contribution in [0.25, 0.3) is 10.9 Å². The van der Waals surface area contributed by atoms with E-state index in [1.807, 2.05) is 37.3 Å². The number of nitrogens with zero attached hydrogens (tertiary/aromatic N) is 2. The van der Waals surface area contributed by atoms with Crippen LogP contribution in [0.3, 0.4) is 0 Å². The maximum absolute atomic E-state index is 12.3. The maximum Gasteiger partial charge on any atom is 0.320 e. The first-order chi connectivity index (χ1) is 14.2. The third-order valence-corrected chi connectivity index (χ3v) is 5.10. The lowest BCUT2D eigenvalue weighted by molar-refractivity contribution is 0.0492. The van der Waals surface area contributed by atoms with Crippen molar-refractivity contribution in [3.8, 4) is 5.88 Å². The van der Waals surface area contributed by atoms with Gasteiger partial charge in [0.1, 0.15) is 5.82 Å². The molecule has 8 nitrogen and oxygen atoms in total. The number of rotatable bonds is 6. The molecule has 1 aliphatic heterocycles. The number of anilines is 1. The van der Waals surface area contributed by atoms with Gasteiger partial charge in [-0.15, -0.1) is 5.10 Å². The molecule has 2 aromatic heterocycles. The van der Waals surface area contributed by atoms with Crippen molar-refractivity contribution >= 4 is 22.8 Å². The zero-order valence-corrected chi connectivity index (χ0v) is 16.4. The zero-order chi connectivity index (χ0) is 20.1. The third-order valence-electron chi connectivity index (χ3n) is 5.10. The molecule has 3 N–H and O–H groups in total. The molecular formula is C21H25N5O3. The predicted molar refractivity (Wildman–Crippen MR) is 110 cm³/mol. The number of benzene rings is 1. The average molecular weight is 395 g/mol. The summed E-state index contributed by atoms with van der Waals surface area (Å²) >= 11 is 0. The van der Waals surface area contributed by atoms with Gasteiger partial charge in [0, 0.05) is 25.5 Å². The summed E-state index contributed by atoms with van der Waals surface area (Å²) in [5, 5.41) is 13.6. The third kappa shape index (κ3) is 4.83. The number of pyridine rings is 1. The molecule has 1 saturated heterocycles. The van der Waals surface area contributed by atoms with E-state index in [9.17, 15) is 4.79 Å². The Morgan fingerprint density at radius 2 is 2.10 bits per heavy atom. The van der Waals surface area contributed by atoms with E-state index in [2.05, 4.69) is 25.8 Å². The highest BCUT2D eigenvalue weighted by molar-refractivity contribution is 5.92. The van der Waals surface area contributed by atoms with E-state index in [4.69, 9.17) is 9.47 Å². The molecule has 1 unspecified atom stereocenters. The van der Waals surface area contributed by atoms with Gasteiger partial charge in [0.2, 0.25) is 5.88 Å². The lowest BCUT2D eigenvalue weighted by atomic mass is 10.0. The van der Waals surface area contributed by atoms with Gasteiger partial charge in [-0.05, 0) is 31.2 Å². The van der Waals surface area contributed by atoms with Gasteiger partial charge in [0.25, 0.3) is 0 Å². The Hall–Kier alpha value is -3.13. The quantitative estimate of drug-likeness (QED) is 0.591. The summed E-state index contributed by atoms with van der Waals surface area (Å²) in [6, 6.07) is 11.1. The fourth-order valence-corrected chi connectivity index (χ4v) is 3.35. The second kappa shape index (κ2) is 8.91. The molecular weight excluding hydrogens is 370 g/mol. The fraction of sp³-hybridized carbons (Fsp3) is 0.381. The first kappa shape index (κ1) is 19.2. The van der Waals surface area contributed by atoms with Crippen LogP contribution >= 0.6 is 0 Å². The number of aromatic nitrogens is 3. The summed E-state index contributed by atoms with van der Waals surface area (Å²) in [5.41, 5.74) is 1.79. The molecule has 1 atom stereocenters. The highest BCUT2D eigenvalue weighted by Gasteiger charge is 2.17. The Bertz CT molecular complexity index is 953. The molecule has 8 heteroatoms. The van der Waals surface area contributed by atoms with Crippen LogP contribution in [0, 0.1) is 5.92 Å². The zero-order valence-electron chi connectivity index (χ0n) is 16.4. The molecule has 0 radical (unpaired) electrons. The normalized spacial score (nSPS) is 15.8. The summed E-state index contributed by atoms with van der Waals surface area (Å²) < 4.78 is 11.3. The average Bonchev–Trinajstić information content (AvgIpc) is 3.15. The van der Waals surface area contributed by atoms with E-state index < -0.39 is 0 Å². The highest BCUT2D eigenvalue weighted by atomic mass is 16.5. The summed E-state index contributed by atoms with van der Waals surface area (Å²) in [5.74, 6) is 1.46. The minimum Gasteiger partial charge on any atom is -0.476 e. The Kier molecular flexibility index (Phi) is 5.90. The van der Waals surface area contributed by atoms with Crippen molar-refractivity contribution in [3.05, 3.63) is 48.2 Å². The van der Waals surface area contributed by atoms with E-state index in [1.165, 1.54) is 0 Å². The van der Waals surface area contributed by atoms with E-state index in [-0.39, 0.29) is 12.1 Å². The summed E-state index contributed by atoms with van der Waals surface area (Å²) in [6.07, 6.45) is 3.67. The molecule has 2 amide bonds. The number of hydrogen-bond donors (Lipinski definition) is 3. The topological polar surface area (TPSA) is 101 Å². The van der Waals surface area contributed by atoms with Gasteiger partial charge in [-0.3, -0.25) is 10.4 Å². The summed E-state index contributed by atoms with van der Waals surface area (Å²) in [7, 11) is 0. The largest absolute Gasteiger partial charge is 0.476 e. The van der Waals surface area contributed by atoms with Crippen molar-refractivity contribution in [1.82, 2.24) is 20.5 Å². The van der Waals surface area contributed by atoms with E-state index in [0.717, 1.165) is 42.5 Å². The lowest BCUT2D eigenvalue weighted by Crippen LogP contribution is -2.31. The van der Waals surface area contributed by atoms with Crippen molar-refractivity contribution in [3.63, 3.8) is 0 Å². The van der Waals surface area contributed by atoms with E-state index >= 15 is 0 Å². The predicted octanol–water partition coefficient (Wildman–Crippen LogP) is 3.65. The maximum atomic E-state index is 12.3. The molecule has 4 rings (SSSR count). The Balaban J connectivity index is 1.35. The number of amides is 2. The Morgan fingerprint density at radius 3 is 2.90 bits per heavy atom. The SMILES string of the molecule is CC(NC(=O)Nc1cc2[nH]nc(OCC3CCOCC3)c2cn1)c1ccccc1. The molecule has 0 spiro atoms. The molecule has 0 bridgehead atoms. The summed E-state index contributed by atoms with van der Waals surface area (Å²) in [4.78, 5) is 16.6. The van der Waals surface area contributed by atoms with Gasteiger partial charge in [-0.25, -0.2) is 9.78 Å². The number of H-pyrrole nitrogens is 1. The first-order valence-corrected chi connectivity index (χ1v) is 9.86. The van der Waals surface area contributed by atoms with Crippen molar-refractivity contribution < 1.29 is 14.3 Å². The van der Waals surface area contributed by atoms with Crippen LogP contribution in [0.5, 0.6) is 5.88 Å². The number of urea groups is 1. The van der Waals surface area contributed by atoms with E-state index in [1.54, 1.807) is 12.3 Å². The minimum atomic E-state index is -0.316. The number of aromatic amines is 1. The van der Waals surface area contributed by atoms with Gasteiger partial charge in [0.05, 0.1) is 23.6 Å². The number of nitrogens with one attached hydrogen (secondary N) is 3. The van der Waals surface area contributed by atoms with Crippen LogP contribution in [-0.2, 0) is 4.74 Å². The van der Waals surface area contributed by atoms with Crippen LogP contribution in [0.1, 0.15) is 31.4 Å². The number of hydrogen-bond acceptors (Lipinski definition) is 5.